The zero-order chi connectivity index (χ0) is 10.1. The third-order valence-corrected chi connectivity index (χ3v) is 3.39. The molecule has 13 heavy (non-hydrogen) atoms. The van der Waals surface area contributed by atoms with Crippen molar-refractivity contribution in [1.29, 1.82) is 0 Å². The first-order valence-corrected chi connectivity index (χ1v) is 5.77. The molecule has 0 saturated heterocycles. The van der Waals surface area contributed by atoms with Crippen molar-refractivity contribution in [2.75, 3.05) is 6.26 Å². The summed E-state index contributed by atoms with van der Waals surface area (Å²) in [5.41, 5.74) is 1.06. The Morgan fingerprint density at radius 1 is 1.46 bits per heavy atom. The van der Waals surface area contributed by atoms with Gasteiger partial charge in [0.05, 0.1) is 5.69 Å². The molecule has 0 aliphatic rings. The summed E-state index contributed by atoms with van der Waals surface area (Å²) < 4.78 is 22.3. The Balaban J connectivity index is 3.04. The van der Waals surface area contributed by atoms with E-state index in [1.165, 1.54) is 12.5 Å². The minimum Gasteiger partial charge on any atom is -0.261 e. The summed E-state index contributed by atoms with van der Waals surface area (Å²) in [4.78, 5) is 3.94. The summed E-state index contributed by atoms with van der Waals surface area (Å²) in [6, 6.07) is 3.27. The second-order valence-corrected chi connectivity index (χ2v) is 5.35. The highest BCUT2D eigenvalue weighted by Crippen LogP contribution is 2.16. The maximum absolute atomic E-state index is 11.1. The molecule has 0 fully saturated rings. The molecule has 0 bridgehead atoms. The van der Waals surface area contributed by atoms with Gasteiger partial charge >= 0.3 is 0 Å². The number of rotatable bonds is 2. The molecule has 0 aliphatic heterocycles. The largest absolute Gasteiger partial charge is 0.261 e. The number of hydrogen-bond donors (Lipinski definition) is 0. The number of aromatic nitrogens is 1. The molecule has 0 spiro atoms. The Hall–Kier alpha value is -0.835. The van der Waals surface area contributed by atoms with Crippen LogP contribution in [0.1, 0.15) is 17.9 Å². The zero-order valence-corrected chi connectivity index (χ0v) is 8.38. The standard InChI is InChI=1S/C8H10BNO2S/c1-6(13(2,11)12)8-4-3-7(9)5-10-8/h3-6H,1-2H3. The second kappa shape index (κ2) is 3.50. The summed E-state index contributed by atoms with van der Waals surface area (Å²) in [5.74, 6) is 0. The van der Waals surface area contributed by atoms with Crippen molar-refractivity contribution < 1.29 is 8.42 Å². The van der Waals surface area contributed by atoms with Gasteiger partial charge in [-0.25, -0.2) is 8.42 Å². The van der Waals surface area contributed by atoms with Gasteiger partial charge < -0.3 is 0 Å². The molecule has 0 amide bonds. The predicted octanol–water partition coefficient (Wildman–Crippen LogP) is -0.0190. The summed E-state index contributed by atoms with van der Waals surface area (Å²) in [6.45, 7) is 1.61. The highest BCUT2D eigenvalue weighted by atomic mass is 32.2. The molecule has 3 nitrogen and oxygen atoms in total. The topological polar surface area (TPSA) is 47.0 Å². The van der Waals surface area contributed by atoms with Crippen molar-refractivity contribution in [1.82, 2.24) is 4.98 Å². The van der Waals surface area contributed by atoms with E-state index in [1.807, 2.05) is 0 Å². The molecule has 2 radical (unpaired) electrons. The van der Waals surface area contributed by atoms with Crippen molar-refractivity contribution >= 4 is 23.1 Å². The molecule has 1 atom stereocenters. The normalized spacial score (nSPS) is 14.0. The molecule has 0 aliphatic carbocycles. The van der Waals surface area contributed by atoms with Gasteiger partial charge in [-0.05, 0) is 13.0 Å². The second-order valence-electron chi connectivity index (χ2n) is 2.99. The van der Waals surface area contributed by atoms with E-state index in [0.29, 0.717) is 11.2 Å². The fourth-order valence-electron chi connectivity index (χ4n) is 0.877. The first kappa shape index (κ1) is 10.2. The molecule has 1 heterocycles. The van der Waals surface area contributed by atoms with Crippen LogP contribution in [0.15, 0.2) is 18.3 Å². The van der Waals surface area contributed by atoms with E-state index in [-0.39, 0.29) is 0 Å². The predicted molar refractivity (Wildman–Crippen MR) is 52.9 cm³/mol. The minimum atomic E-state index is -3.07. The Morgan fingerprint density at radius 3 is 2.46 bits per heavy atom. The zero-order valence-electron chi connectivity index (χ0n) is 7.56. The SMILES string of the molecule is [B]c1ccc(C(C)S(C)(=O)=O)nc1. The van der Waals surface area contributed by atoms with E-state index in [2.05, 4.69) is 4.98 Å². The van der Waals surface area contributed by atoms with Gasteiger partial charge in [0.1, 0.15) is 13.1 Å². The van der Waals surface area contributed by atoms with Gasteiger partial charge in [0.2, 0.25) is 0 Å². The quantitative estimate of drug-likeness (QED) is 0.623. The smallest absolute Gasteiger partial charge is 0.155 e. The Morgan fingerprint density at radius 2 is 2.08 bits per heavy atom. The molecular weight excluding hydrogens is 185 g/mol. The van der Waals surface area contributed by atoms with E-state index < -0.39 is 15.1 Å². The Labute approximate surface area is 79.5 Å². The van der Waals surface area contributed by atoms with Crippen LogP contribution < -0.4 is 5.46 Å². The molecule has 1 aromatic heterocycles. The Kier molecular flexibility index (Phi) is 2.76. The maximum Gasteiger partial charge on any atom is 0.155 e. The van der Waals surface area contributed by atoms with Gasteiger partial charge in [-0.15, -0.1) is 0 Å². The van der Waals surface area contributed by atoms with Crippen molar-refractivity contribution in [2.24, 2.45) is 0 Å². The van der Waals surface area contributed by atoms with Gasteiger partial charge in [-0.3, -0.25) is 4.98 Å². The maximum atomic E-state index is 11.1. The lowest BCUT2D eigenvalue weighted by atomic mass is 9.99. The van der Waals surface area contributed by atoms with Crippen LogP contribution in [-0.2, 0) is 9.84 Å². The molecular formula is C8H10BNO2S. The van der Waals surface area contributed by atoms with Crippen LogP contribution in [0.3, 0.4) is 0 Å². The Bertz CT molecular complexity index is 385. The van der Waals surface area contributed by atoms with Crippen LogP contribution >= 0.6 is 0 Å². The van der Waals surface area contributed by atoms with Crippen molar-refractivity contribution in [3.63, 3.8) is 0 Å². The lowest BCUT2D eigenvalue weighted by molar-refractivity contribution is 0.591. The number of hydrogen-bond acceptors (Lipinski definition) is 3. The fourth-order valence-corrected chi connectivity index (χ4v) is 1.45. The van der Waals surface area contributed by atoms with E-state index in [1.54, 1.807) is 19.1 Å². The van der Waals surface area contributed by atoms with Crippen LogP contribution in [0.2, 0.25) is 0 Å². The first-order valence-electron chi connectivity index (χ1n) is 3.81. The van der Waals surface area contributed by atoms with Crippen molar-refractivity contribution in [3.8, 4) is 0 Å². The summed E-state index contributed by atoms with van der Waals surface area (Å²) >= 11 is 0. The van der Waals surface area contributed by atoms with Crippen LogP contribution in [-0.4, -0.2) is 27.5 Å². The number of pyridine rings is 1. The number of nitrogens with zero attached hydrogens (tertiary/aromatic N) is 1. The monoisotopic (exact) mass is 195 g/mol. The lowest BCUT2D eigenvalue weighted by Gasteiger charge is -2.08. The molecule has 1 unspecified atom stereocenters. The molecule has 68 valence electrons. The van der Waals surface area contributed by atoms with E-state index >= 15 is 0 Å². The highest BCUT2D eigenvalue weighted by molar-refractivity contribution is 7.90. The number of sulfone groups is 1. The molecule has 0 N–H and O–H groups in total. The van der Waals surface area contributed by atoms with Crippen molar-refractivity contribution in [3.05, 3.63) is 24.0 Å². The average molecular weight is 195 g/mol. The molecule has 5 heteroatoms. The first-order chi connectivity index (χ1) is 5.91. The third kappa shape index (κ3) is 2.55. The van der Waals surface area contributed by atoms with Crippen LogP contribution in [0, 0.1) is 0 Å². The molecule has 0 aromatic carbocycles. The third-order valence-electron chi connectivity index (χ3n) is 1.87. The average Bonchev–Trinajstić information content (AvgIpc) is 2.03. The molecule has 1 rings (SSSR count). The van der Waals surface area contributed by atoms with Gasteiger partial charge in [-0.2, -0.15) is 0 Å². The minimum absolute atomic E-state index is 0.525. The van der Waals surface area contributed by atoms with Gasteiger partial charge in [0.15, 0.2) is 9.84 Å². The summed E-state index contributed by atoms with van der Waals surface area (Å²) in [6.07, 6.45) is 2.65. The summed E-state index contributed by atoms with van der Waals surface area (Å²) in [5, 5.41) is -0.576. The van der Waals surface area contributed by atoms with Crippen LogP contribution in [0.4, 0.5) is 0 Å². The van der Waals surface area contributed by atoms with E-state index in [4.69, 9.17) is 7.85 Å². The van der Waals surface area contributed by atoms with Crippen molar-refractivity contribution in [2.45, 2.75) is 12.2 Å². The molecule has 1 aromatic rings. The van der Waals surface area contributed by atoms with Crippen LogP contribution in [0.25, 0.3) is 0 Å². The van der Waals surface area contributed by atoms with Gasteiger partial charge in [0, 0.05) is 12.5 Å². The fraction of sp³-hybridized carbons (Fsp3) is 0.375. The highest BCUT2D eigenvalue weighted by Gasteiger charge is 2.17. The lowest BCUT2D eigenvalue weighted by Crippen LogP contribution is -2.11. The van der Waals surface area contributed by atoms with E-state index in [9.17, 15) is 8.42 Å². The van der Waals surface area contributed by atoms with Gasteiger partial charge in [0.25, 0.3) is 0 Å². The molecule has 0 saturated carbocycles. The summed E-state index contributed by atoms with van der Waals surface area (Å²) in [7, 11) is 2.35. The van der Waals surface area contributed by atoms with Gasteiger partial charge in [-0.1, -0.05) is 11.5 Å². The van der Waals surface area contributed by atoms with Crippen LogP contribution in [0.5, 0.6) is 0 Å². The van der Waals surface area contributed by atoms with E-state index in [0.717, 1.165) is 0 Å².